The van der Waals surface area contributed by atoms with Gasteiger partial charge in [0, 0.05) is 38.6 Å². The van der Waals surface area contributed by atoms with Gasteiger partial charge in [-0.05, 0) is 96.6 Å². The third kappa shape index (κ3) is 20.0. The number of likely N-dealkylation sites (N-methyl/N-ethyl adjacent to an activating group) is 2. The largest absolute Gasteiger partial charge is 0.456 e. The minimum absolute atomic E-state index is 0.0269. The first-order valence-electron chi connectivity index (χ1n) is 24.0. The van der Waals surface area contributed by atoms with Crippen LogP contribution in [0.25, 0.3) is 0 Å². The number of carbonyl (C=O) groups excluding carboxylic acids is 8. The molecule has 6 amide bonds. The van der Waals surface area contributed by atoms with E-state index < -0.39 is 114 Å². The quantitative estimate of drug-likeness (QED) is 0.0842. The Balaban J connectivity index is 2.70. The highest BCUT2D eigenvalue weighted by atomic mass is 16.6. The number of aliphatic hydroxyl groups excluding tert-OH is 1. The minimum atomic E-state index is -1.35. The zero-order valence-corrected chi connectivity index (χ0v) is 43.1. The van der Waals surface area contributed by atoms with Crippen molar-refractivity contribution in [2.75, 3.05) is 27.2 Å². The molecule has 0 aromatic heterocycles. The third-order valence-corrected chi connectivity index (χ3v) is 11.9. The Bertz CT molecular complexity index is 1970. The number of cyclic esters (lactones) is 2. The molecule has 0 saturated carbocycles. The van der Waals surface area contributed by atoms with E-state index >= 15 is 0 Å². The van der Waals surface area contributed by atoms with Crippen molar-refractivity contribution in [3.05, 3.63) is 59.7 Å². The molecule has 0 bridgehead atoms. The number of esters is 2. The molecule has 0 radical (unpaired) electrons. The van der Waals surface area contributed by atoms with E-state index in [0.29, 0.717) is 30.4 Å². The number of aliphatic hydroxyl groups is 1. The normalized spacial score (nSPS) is 26.1. The van der Waals surface area contributed by atoms with Crippen LogP contribution in [-0.4, -0.2) is 138 Å². The van der Waals surface area contributed by atoms with Crippen LogP contribution in [-0.2, 0) is 54.2 Å². The van der Waals surface area contributed by atoms with Gasteiger partial charge in [0.25, 0.3) is 5.91 Å². The summed E-state index contributed by atoms with van der Waals surface area (Å²) in [6.45, 7) is 22.3. The van der Waals surface area contributed by atoms with Crippen molar-refractivity contribution < 1.29 is 57.7 Å². The Morgan fingerprint density at radius 3 is 2.16 bits per heavy atom. The lowest BCUT2D eigenvalue weighted by Gasteiger charge is -2.34. The van der Waals surface area contributed by atoms with Crippen LogP contribution < -0.4 is 21.3 Å². The maximum Gasteiger partial charge on any atom is 0.407 e. The smallest absolute Gasteiger partial charge is 0.407 e. The second-order valence-corrected chi connectivity index (χ2v) is 19.8. The van der Waals surface area contributed by atoms with Gasteiger partial charge < -0.3 is 50.4 Å². The number of unbranched alkanes of at least 4 members (excludes halogenated alkanes) is 1. The molecule has 18 nitrogen and oxygen atoms in total. The van der Waals surface area contributed by atoms with Gasteiger partial charge in [-0.25, -0.2) is 14.4 Å². The maximum absolute atomic E-state index is 14.7. The molecule has 1 aromatic carbocycles. The van der Waals surface area contributed by atoms with E-state index in [0.717, 1.165) is 4.90 Å². The van der Waals surface area contributed by atoms with Crippen LogP contribution >= 0.6 is 0 Å². The number of carbonyl (C=O) groups is 8. The van der Waals surface area contributed by atoms with Crippen LogP contribution in [0.5, 0.6) is 0 Å². The molecule has 0 unspecified atom stereocenters. The molecule has 9 atom stereocenters. The number of nitrogens with one attached hydrogen (secondary N) is 4. The molecule has 1 aromatic rings. The van der Waals surface area contributed by atoms with Crippen LogP contribution in [0.4, 0.5) is 4.79 Å². The average Bonchev–Trinajstić information content (AvgIpc) is 3.27. The monoisotopic (exact) mass is 969 g/mol. The highest BCUT2D eigenvalue weighted by Gasteiger charge is 2.37. The second kappa shape index (κ2) is 28.0. The molecule has 5 N–H and O–H groups in total. The summed E-state index contributed by atoms with van der Waals surface area (Å²) in [5.41, 5.74) is 0.491. The van der Waals surface area contributed by atoms with Crippen molar-refractivity contribution in [3.63, 3.8) is 0 Å². The molecular formula is C51H80N6O12. The number of ether oxygens (including phenoxy) is 3. The van der Waals surface area contributed by atoms with Crippen molar-refractivity contribution in [2.24, 2.45) is 17.8 Å². The molecule has 386 valence electrons. The molecule has 2 rings (SSSR count). The topological polar surface area (TPSA) is 239 Å². The van der Waals surface area contributed by atoms with Gasteiger partial charge in [-0.1, -0.05) is 84.0 Å². The first kappa shape index (κ1) is 59.3. The molecule has 0 aliphatic carbocycles. The number of benzene rings is 1. The van der Waals surface area contributed by atoms with Gasteiger partial charge in [-0.15, -0.1) is 0 Å². The summed E-state index contributed by atoms with van der Waals surface area (Å²) in [7, 11) is 2.83. The highest BCUT2D eigenvalue weighted by molar-refractivity contribution is 5.96. The fourth-order valence-electron chi connectivity index (χ4n) is 7.50. The summed E-state index contributed by atoms with van der Waals surface area (Å²) in [4.78, 5) is 113. The Morgan fingerprint density at radius 1 is 0.942 bits per heavy atom. The second-order valence-electron chi connectivity index (χ2n) is 19.8. The maximum atomic E-state index is 14.7. The van der Waals surface area contributed by atoms with Gasteiger partial charge in [-0.2, -0.15) is 0 Å². The zero-order chi connectivity index (χ0) is 52.3. The van der Waals surface area contributed by atoms with E-state index in [1.165, 1.54) is 38.9 Å². The predicted octanol–water partition coefficient (Wildman–Crippen LogP) is 4.52. The number of amides is 6. The Morgan fingerprint density at radius 2 is 1.58 bits per heavy atom. The van der Waals surface area contributed by atoms with Crippen LogP contribution in [0.15, 0.2) is 54.1 Å². The highest BCUT2D eigenvalue weighted by Crippen LogP contribution is 2.23. The SMILES string of the molecule is C=C(C)[C@H]1OC(=O)[C@@H](C)NC(=O)[C@H]([C@H](C)CC)NC(=O)CN(C)C(=O)[C@@H](Cc2ccccc2)N(C)C(=O)[C@H](CCCCNC(=O)OC(C)(C)C)NC(=O)[C@@H](CC(C)C)OC(=O)/C(C)=C/C[C@H](O)[C@@H]1C. The molecule has 69 heavy (non-hydrogen) atoms. The molecular weight excluding hydrogens is 889 g/mol. The zero-order valence-electron chi connectivity index (χ0n) is 43.1. The molecule has 1 aliphatic heterocycles. The molecule has 0 spiro atoms. The van der Waals surface area contributed by atoms with Crippen molar-refractivity contribution in [1.29, 1.82) is 0 Å². The van der Waals surface area contributed by atoms with Crippen molar-refractivity contribution in [2.45, 2.75) is 169 Å². The van der Waals surface area contributed by atoms with E-state index in [1.54, 1.807) is 71.9 Å². The standard InChI is InChI=1S/C51H80N6O12/c1-15-32(6)42-45(61)53-35(9)49(65)68-43(31(4)5)34(8)39(58)25-24-33(7)48(64)67-40(27-30(2)3)44(60)54-37(23-19-20-26-52-50(66)69-51(10,11)12)46(62)57(14)38(28-36-21-17-16-18-22-36)47(63)56(13)29-41(59)55-42/h16-18,21-22,24,30,32,34-35,37-40,42-43,58H,4,15,19-20,23,25-29H2,1-3,5-14H3,(H,52,66)(H,53,61)(H,54,60)(H,55,59)/b33-24+/t32-,34+,35-,37+,38-,39+,40-,42+,43-/m1/s1. The van der Waals surface area contributed by atoms with E-state index in [2.05, 4.69) is 27.8 Å². The van der Waals surface area contributed by atoms with Gasteiger partial charge in [-0.3, -0.25) is 24.0 Å². The van der Waals surface area contributed by atoms with Gasteiger partial charge in [0.2, 0.25) is 23.6 Å². The Kier molecular flexibility index (Phi) is 24.1. The number of rotatable bonds is 12. The summed E-state index contributed by atoms with van der Waals surface area (Å²) in [6, 6.07) is 4.21. The van der Waals surface area contributed by atoms with Crippen LogP contribution in [0, 0.1) is 17.8 Å². The summed E-state index contributed by atoms with van der Waals surface area (Å²) in [5.74, 6) is -6.29. The van der Waals surface area contributed by atoms with E-state index in [9.17, 15) is 43.5 Å². The van der Waals surface area contributed by atoms with Crippen molar-refractivity contribution in [3.8, 4) is 0 Å². The fraction of sp³-hybridized carbons (Fsp3) is 0.647. The van der Waals surface area contributed by atoms with Gasteiger partial charge >= 0.3 is 18.0 Å². The molecule has 18 heteroatoms. The predicted molar refractivity (Wildman–Crippen MR) is 261 cm³/mol. The lowest BCUT2D eigenvalue weighted by atomic mass is 9.91. The van der Waals surface area contributed by atoms with Crippen LogP contribution in [0.3, 0.4) is 0 Å². The van der Waals surface area contributed by atoms with E-state index in [1.807, 2.05) is 20.8 Å². The average molecular weight is 969 g/mol. The summed E-state index contributed by atoms with van der Waals surface area (Å²) in [6.07, 6.45) is -1.38. The third-order valence-electron chi connectivity index (χ3n) is 11.9. The number of hydrogen-bond acceptors (Lipinski definition) is 12. The number of nitrogens with zero attached hydrogens (tertiary/aromatic N) is 2. The van der Waals surface area contributed by atoms with Crippen molar-refractivity contribution >= 4 is 47.6 Å². The van der Waals surface area contributed by atoms with Gasteiger partial charge in [0.05, 0.1) is 12.6 Å². The molecule has 1 heterocycles. The Labute approximate surface area is 409 Å². The fourth-order valence-corrected chi connectivity index (χ4v) is 7.50. The number of hydrogen-bond donors (Lipinski definition) is 5. The van der Waals surface area contributed by atoms with Gasteiger partial charge in [0.15, 0.2) is 6.10 Å². The lowest BCUT2D eigenvalue weighted by molar-refractivity contribution is -0.155. The number of alkyl carbamates (subject to hydrolysis) is 1. The first-order chi connectivity index (χ1) is 32.2. The van der Waals surface area contributed by atoms with Crippen LogP contribution in [0.2, 0.25) is 0 Å². The molecule has 1 aliphatic rings. The summed E-state index contributed by atoms with van der Waals surface area (Å²) in [5, 5.41) is 22.1. The lowest BCUT2D eigenvalue weighted by Crippen LogP contribution is -2.58. The van der Waals surface area contributed by atoms with E-state index in [-0.39, 0.29) is 43.7 Å². The Hall–Kier alpha value is -5.78. The minimum Gasteiger partial charge on any atom is -0.456 e. The molecule has 0 saturated heterocycles. The molecule has 0 fully saturated rings. The van der Waals surface area contributed by atoms with Crippen LogP contribution in [0.1, 0.15) is 120 Å². The van der Waals surface area contributed by atoms with Gasteiger partial charge in [0.1, 0.15) is 35.9 Å². The first-order valence-corrected chi connectivity index (χ1v) is 24.0. The summed E-state index contributed by atoms with van der Waals surface area (Å²) >= 11 is 0. The summed E-state index contributed by atoms with van der Waals surface area (Å²) < 4.78 is 16.9. The van der Waals surface area contributed by atoms with E-state index in [4.69, 9.17) is 14.2 Å². The van der Waals surface area contributed by atoms with Crippen molar-refractivity contribution in [1.82, 2.24) is 31.1 Å².